The Bertz CT molecular complexity index is 220. The van der Waals surface area contributed by atoms with E-state index in [2.05, 4.69) is 10.6 Å². The summed E-state index contributed by atoms with van der Waals surface area (Å²) in [6.07, 6.45) is 0.686. The largest absolute Gasteiger partial charge is 0.480 e. The maximum absolute atomic E-state index is 11.2. The van der Waals surface area contributed by atoms with Gasteiger partial charge in [0.15, 0.2) is 0 Å². The molecule has 0 aromatic rings. The molecule has 15 heavy (non-hydrogen) atoms. The van der Waals surface area contributed by atoms with Crippen LogP contribution in [0.4, 0.5) is 4.79 Å². The van der Waals surface area contributed by atoms with E-state index in [1.54, 1.807) is 7.11 Å². The molecule has 0 aliphatic carbocycles. The van der Waals surface area contributed by atoms with Crippen LogP contribution in [-0.2, 0) is 9.53 Å². The van der Waals surface area contributed by atoms with Gasteiger partial charge >= 0.3 is 12.0 Å². The lowest BCUT2D eigenvalue weighted by Crippen LogP contribution is -2.47. The molecule has 2 atom stereocenters. The number of carbonyl (C=O) groups excluding carboxylic acids is 1. The molecule has 0 saturated carbocycles. The second-order valence-corrected chi connectivity index (χ2v) is 3.36. The molecule has 0 bridgehead atoms. The summed E-state index contributed by atoms with van der Waals surface area (Å²) in [5.41, 5.74) is 0. The van der Waals surface area contributed by atoms with Crippen molar-refractivity contribution in [2.75, 3.05) is 13.7 Å². The molecule has 0 saturated heterocycles. The average Bonchev–Trinajstić information content (AvgIpc) is 2.14. The summed E-state index contributed by atoms with van der Waals surface area (Å²) in [4.78, 5) is 21.6. The first-order valence-electron chi connectivity index (χ1n) is 4.76. The Morgan fingerprint density at radius 1 is 1.33 bits per heavy atom. The van der Waals surface area contributed by atoms with Gasteiger partial charge in [-0.2, -0.15) is 0 Å². The van der Waals surface area contributed by atoms with Crippen LogP contribution in [0, 0.1) is 0 Å². The van der Waals surface area contributed by atoms with Gasteiger partial charge in [-0.25, -0.2) is 4.79 Å². The first-order valence-corrected chi connectivity index (χ1v) is 4.76. The van der Waals surface area contributed by atoms with Crippen molar-refractivity contribution >= 4 is 12.0 Å². The molecule has 1 unspecified atom stereocenters. The first-order chi connectivity index (χ1) is 6.97. The van der Waals surface area contributed by atoms with Gasteiger partial charge in [-0.3, -0.25) is 4.79 Å². The van der Waals surface area contributed by atoms with Crippen molar-refractivity contribution in [3.63, 3.8) is 0 Å². The molecule has 0 aromatic carbocycles. The smallest absolute Gasteiger partial charge is 0.325 e. The van der Waals surface area contributed by atoms with E-state index in [9.17, 15) is 9.59 Å². The Kier molecular flexibility index (Phi) is 6.44. The fraction of sp³-hybridized carbons (Fsp3) is 0.778. The number of amides is 2. The Hall–Kier alpha value is -1.30. The summed E-state index contributed by atoms with van der Waals surface area (Å²) in [7, 11) is 1.58. The van der Waals surface area contributed by atoms with E-state index in [0.29, 0.717) is 13.0 Å². The quantitative estimate of drug-likeness (QED) is 0.593. The van der Waals surface area contributed by atoms with Gasteiger partial charge in [-0.15, -0.1) is 0 Å². The average molecular weight is 218 g/mol. The van der Waals surface area contributed by atoms with Crippen LogP contribution in [0.2, 0.25) is 0 Å². The number of hydrogen-bond donors (Lipinski definition) is 3. The van der Waals surface area contributed by atoms with Gasteiger partial charge in [-0.1, -0.05) is 0 Å². The Balaban J connectivity index is 3.77. The molecule has 6 heteroatoms. The van der Waals surface area contributed by atoms with Crippen molar-refractivity contribution in [3.8, 4) is 0 Å². The number of ether oxygens (including phenoxy) is 1. The number of carboxylic acids is 1. The monoisotopic (exact) mass is 218 g/mol. The predicted octanol–water partition coefficient (Wildman–Crippen LogP) is 0.184. The summed E-state index contributed by atoms with van der Waals surface area (Å²) in [6.45, 7) is 3.78. The van der Waals surface area contributed by atoms with Crippen molar-refractivity contribution in [2.24, 2.45) is 0 Å². The third-order valence-electron chi connectivity index (χ3n) is 1.85. The van der Waals surface area contributed by atoms with Crippen molar-refractivity contribution in [3.05, 3.63) is 0 Å². The number of aliphatic carboxylic acids is 1. The first kappa shape index (κ1) is 13.7. The molecule has 0 aromatic heterocycles. The highest BCUT2D eigenvalue weighted by molar-refractivity contribution is 5.82. The molecule has 0 heterocycles. The highest BCUT2D eigenvalue weighted by atomic mass is 16.5. The normalized spacial score (nSPS) is 14.1. The van der Waals surface area contributed by atoms with Crippen molar-refractivity contribution < 1.29 is 19.4 Å². The summed E-state index contributed by atoms with van der Waals surface area (Å²) in [5.74, 6) is -1.06. The van der Waals surface area contributed by atoms with E-state index >= 15 is 0 Å². The minimum absolute atomic E-state index is 0.0501. The molecule has 88 valence electrons. The van der Waals surface area contributed by atoms with Crippen molar-refractivity contribution in [1.82, 2.24) is 10.6 Å². The SMILES string of the molecule is COCCC(C)NC(=O)N[C@@H](C)C(=O)O. The van der Waals surface area contributed by atoms with Crippen LogP contribution < -0.4 is 10.6 Å². The summed E-state index contributed by atoms with van der Waals surface area (Å²) in [6, 6.07) is -1.42. The van der Waals surface area contributed by atoms with Crippen LogP contribution in [0.1, 0.15) is 20.3 Å². The molecule has 0 aliphatic rings. The number of rotatable bonds is 6. The molecule has 3 N–H and O–H groups in total. The van der Waals surface area contributed by atoms with Crippen molar-refractivity contribution in [1.29, 1.82) is 0 Å². The van der Waals surface area contributed by atoms with Gasteiger partial charge in [0, 0.05) is 19.8 Å². The van der Waals surface area contributed by atoms with Crippen LogP contribution >= 0.6 is 0 Å². The number of nitrogens with one attached hydrogen (secondary N) is 2. The van der Waals surface area contributed by atoms with Gasteiger partial charge in [0.05, 0.1) is 0 Å². The Morgan fingerprint density at radius 2 is 1.93 bits per heavy atom. The molecule has 0 spiro atoms. The maximum Gasteiger partial charge on any atom is 0.325 e. The zero-order valence-corrected chi connectivity index (χ0v) is 9.24. The third kappa shape index (κ3) is 6.73. The zero-order chi connectivity index (χ0) is 11.8. The van der Waals surface area contributed by atoms with Crippen LogP contribution in [0.25, 0.3) is 0 Å². The van der Waals surface area contributed by atoms with E-state index in [0.717, 1.165) is 0 Å². The van der Waals surface area contributed by atoms with E-state index in [1.807, 2.05) is 6.92 Å². The molecule has 0 rings (SSSR count). The molecule has 0 radical (unpaired) electrons. The second-order valence-electron chi connectivity index (χ2n) is 3.36. The molecular formula is C9H18N2O4. The Labute approximate surface area is 89.0 Å². The summed E-state index contributed by atoms with van der Waals surface area (Å²) >= 11 is 0. The van der Waals surface area contributed by atoms with Gasteiger partial charge < -0.3 is 20.5 Å². The number of carbonyl (C=O) groups is 2. The molecular weight excluding hydrogens is 200 g/mol. The topological polar surface area (TPSA) is 87.7 Å². The number of carboxylic acid groups (broad SMARTS) is 1. The van der Waals surface area contributed by atoms with Crippen LogP contribution in [0.5, 0.6) is 0 Å². The maximum atomic E-state index is 11.2. The number of urea groups is 1. The lowest BCUT2D eigenvalue weighted by atomic mass is 10.2. The molecule has 0 aliphatic heterocycles. The molecule has 0 fully saturated rings. The molecule has 2 amide bonds. The van der Waals surface area contributed by atoms with Crippen LogP contribution in [0.15, 0.2) is 0 Å². The van der Waals surface area contributed by atoms with E-state index < -0.39 is 18.0 Å². The predicted molar refractivity (Wildman–Crippen MR) is 54.7 cm³/mol. The Morgan fingerprint density at radius 3 is 2.40 bits per heavy atom. The van der Waals surface area contributed by atoms with Gasteiger partial charge in [0.25, 0.3) is 0 Å². The zero-order valence-electron chi connectivity index (χ0n) is 9.24. The van der Waals surface area contributed by atoms with E-state index in [1.165, 1.54) is 6.92 Å². The van der Waals surface area contributed by atoms with Crippen LogP contribution in [-0.4, -0.2) is 42.9 Å². The lowest BCUT2D eigenvalue weighted by Gasteiger charge is -2.15. The number of hydrogen-bond acceptors (Lipinski definition) is 3. The highest BCUT2D eigenvalue weighted by Gasteiger charge is 2.14. The van der Waals surface area contributed by atoms with E-state index in [4.69, 9.17) is 9.84 Å². The van der Waals surface area contributed by atoms with E-state index in [-0.39, 0.29) is 6.04 Å². The second kappa shape index (κ2) is 7.05. The van der Waals surface area contributed by atoms with Crippen molar-refractivity contribution in [2.45, 2.75) is 32.4 Å². The fourth-order valence-electron chi connectivity index (χ4n) is 0.891. The standard InChI is InChI=1S/C9H18N2O4/c1-6(4-5-15-3)10-9(14)11-7(2)8(12)13/h6-7H,4-5H2,1-3H3,(H,12,13)(H2,10,11,14)/t6?,7-/m0/s1. The number of methoxy groups -OCH3 is 1. The van der Waals surface area contributed by atoms with Crippen LogP contribution in [0.3, 0.4) is 0 Å². The summed E-state index contributed by atoms with van der Waals surface area (Å²) in [5, 5.41) is 13.4. The van der Waals surface area contributed by atoms with Gasteiger partial charge in [-0.05, 0) is 20.3 Å². The highest BCUT2D eigenvalue weighted by Crippen LogP contribution is 1.91. The van der Waals surface area contributed by atoms with Gasteiger partial charge in [0.2, 0.25) is 0 Å². The lowest BCUT2D eigenvalue weighted by molar-refractivity contribution is -0.138. The summed E-state index contributed by atoms with van der Waals surface area (Å²) < 4.78 is 4.85. The third-order valence-corrected chi connectivity index (χ3v) is 1.85. The fourth-order valence-corrected chi connectivity index (χ4v) is 0.891. The van der Waals surface area contributed by atoms with Gasteiger partial charge in [0.1, 0.15) is 6.04 Å². The molecule has 6 nitrogen and oxygen atoms in total. The minimum atomic E-state index is -1.06. The minimum Gasteiger partial charge on any atom is -0.480 e.